The Morgan fingerprint density at radius 2 is 1.67 bits per heavy atom. The molecule has 0 saturated carbocycles. The summed E-state index contributed by atoms with van der Waals surface area (Å²) in [7, 11) is 2.01. The van der Waals surface area contributed by atoms with Crippen molar-refractivity contribution in [2.75, 3.05) is 9.80 Å². The molecule has 3 aromatic rings. The Labute approximate surface area is 186 Å². The van der Waals surface area contributed by atoms with Crippen molar-refractivity contribution in [2.24, 2.45) is 0 Å². The van der Waals surface area contributed by atoms with Crippen LogP contribution in [0.1, 0.15) is 25.0 Å². The van der Waals surface area contributed by atoms with Gasteiger partial charge in [-0.1, -0.05) is 64.7 Å². The average molecular weight is 463 g/mol. The second-order valence-corrected chi connectivity index (χ2v) is 8.67. The van der Waals surface area contributed by atoms with Crippen LogP contribution < -0.4 is 15.3 Å². The largest absolute Gasteiger partial charge is 0.365 e. The first-order valence-electron chi connectivity index (χ1n) is 10.1. The molecule has 0 aliphatic carbocycles. The topological polar surface area (TPSA) is 43.8 Å². The number of nitrogens with zero attached hydrogens (tertiary/aromatic N) is 2. The van der Waals surface area contributed by atoms with Crippen molar-refractivity contribution in [3.8, 4) is 0 Å². The molecular weight excluding hydrogens is 439 g/mol. The lowest BCUT2D eigenvalue weighted by Gasteiger charge is -2.36. The highest BCUT2D eigenvalue weighted by atomic mass is 79.9. The predicted octanol–water partition coefficient (Wildman–Crippen LogP) is 3.95. The van der Waals surface area contributed by atoms with Crippen LogP contribution in [0.5, 0.6) is 0 Å². The minimum Gasteiger partial charge on any atom is -0.365 e. The van der Waals surface area contributed by atoms with E-state index in [1.54, 1.807) is 4.90 Å². The molecule has 1 heterocycles. The van der Waals surface area contributed by atoms with Gasteiger partial charge in [0, 0.05) is 21.4 Å². The Bertz CT molecular complexity index is 1070. The van der Waals surface area contributed by atoms with Crippen LogP contribution in [0.2, 0.25) is 0 Å². The van der Waals surface area contributed by atoms with Gasteiger partial charge in [0.25, 0.3) is 0 Å². The minimum absolute atomic E-state index is 0.252. The Hall–Kier alpha value is -2.57. The van der Waals surface area contributed by atoms with E-state index in [-0.39, 0.29) is 6.03 Å². The highest BCUT2D eigenvalue weighted by Crippen LogP contribution is 2.44. The smallest absolute Gasteiger partial charge is 0.332 e. The zero-order valence-corrected chi connectivity index (χ0v) is 18.9. The molecule has 0 radical (unpaired) electrons. The fourth-order valence-corrected chi connectivity index (χ4v) is 4.38. The van der Waals surface area contributed by atoms with E-state index in [2.05, 4.69) is 22.9 Å². The average Bonchev–Trinajstić information content (AvgIpc) is 2.96. The summed E-state index contributed by atoms with van der Waals surface area (Å²) < 4.78 is 0.915. The maximum absolute atomic E-state index is 13.7. The molecule has 3 aromatic carbocycles. The van der Waals surface area contributed by atoms with Crippen LogP contribution in [-0.2, 0) is 12.1 Å². The molecule has 0 aromatic heterocycles. The lowest BCUT2D eigenvalue weighted by Crippen LogP contribution is -2.48. The SMILES string of the molecule is Bc1ccc(N2C(=O)N(c3ccc(Br)cc3)C(O)(c3cccc(CC)c3)[C@H]2C)cc1. The molecule has 1 unspecified atom stereocenters. The summed E-state index contributed by atoms with van der Waals surface area (Å²) in [5.41, 5.74) is 2.84. The maximum Gasteiger partial charge on any atom is 0.332 e. The quantitative estimate of drug-likeness (QED) is 0.596. The number of hydrogen-bond acceptors (Lipinski definition) is 2. The number of carbonyl (C=O) groups excluding carboxylic acids is 1. The van der Waals surface area contributed by atoms with E-state index in [4.69, 9.17) is 0 Å². The predicted molar refractivity (Wildman–Crippen MR) is 128 cm³/mol. The molecule has 4 rings (SSSR count). The van der Waals surface area contributed by atoms with E-state index in [0.717, 1.165) is 27.6 Å². The summed E-state index contributed by atoms with van der Waals surface area (Å²) in [5.74, 6) is 0. The lowest BCUT2D eigenvalue weighted by molar-refractivity contribution is 0.0371. The number of carbonyl (C=O) groups is 1. The van der Waals surface area contributed by atoms with E-state index in [9.17, 15) is 9.90 Å². The van der Waals surface area contributed by atoms with Crippen molar-refractivity contribution >= 4 is 46.6 Å². The monoisotopic (exact) mass is 462 g/mol. The fourth-order valence-electron chi connectivity index (χ4n) is 4.11. The number of benzene rings is 3. The first kappa shape index (κ1) is 20.7. The second-order valence-electron chi connectivity index (χ2n) is 7.76. The molecule has 152 valence electrons. The van der Waals surface area contributed by atoms with Crippen molar-refractivity contribution < 1.29 is 9.90 Å². The van der Waals surface area contributed by atoms with Crippen LogP contribution in [0.15, 0.2) is 77.3 Å². The maximum atomic E-state index is 13.7. The Balaban J connectivity index is 1.90. The van der Waals surface area contributed by atoms with Crippen LogP contribution in [0, 0.1) is 0 Å². The van der Waals surface area contributed by atoms with Gasteiger partial charge in [-0.05, 0) is 55.3 Å². The summed E-state index contributed by atoms with van der Waals surface area (Å²) in [6.45, 7) is 3.98. The summed E-state index contributed by atoms with van der Waals surface area (Å²) in [5, 5.41) is 12.1. The van der Waals surface area contributed by atoms with Crippen LogP contribution in [-0.4, -0.2) is 25.0 Å². The Kier molecular flexibility index (Phi) is 5.47. The van der Waals surface area contributed by atoms with E-state index < -0.39 is 11.8 Å². The van der Waals surface area contributed by atoms with Crippen molar-refractivity contribution in [3.05, 3.63) is 88.4 Å². The van der Waals surface area contributed by atoms with Gasteiger partial charge in [-0.25, -0.2) is 4.79 Å². The number of halogens is 1. The first-order valence-corrected chi connectivity index (χ1v) is 10.9. The zero-order valence-electron chi connectivity index (χ0n) is 17.3. The second kappa shape index (κ2) is 7.93. The number of hydrogen-bond donors (Lipinski definition) is 1. The summed E-state index contributed by atoms with van der Waals surface area (Å²) in [4.78, 5) is 16.9. The molecule has 0 bridgehead atoms. The van der Waals surface area contributed by atoms with Crippen LogP contribution in [0.4, 0.5) is 16.2 Å². The highest BCUT2D eigenvalue weighted by Gasteiger charge is 2.56. The van der Waals surface area contributed by atoms with Gasteiger partial charge in [-0.3, -0.25) is 9.80 Å². The minimum atomic E-state index is -1.51. The summed E-state index contributed by atoms with van der Waals surface area (Å²) in [6.07, 6.45) is 0.853. The van der Waals surface area contributed by atoms with Gasteiger partial charge in [-0.2, -0.15) is 0 Å². The van der Waals surface area contributed by atoms with Gasteiger partial charge in [0.2, 0.25) is 0 Å². The number of aliphatic hydroxyl groups is 1. The summed E-state index contributed by atoms with van der Waals surface area (Å²) >= 11 is 3.45. The van der Waals surface area contributed by atoms with Gasteiger partial charge in [0.15, 0.2) is 5.72 Å². The van der Waals surface area contributed by atoms with Gasteiger partial charge >= 0.3 is 6.03 Å². The van der Waals surface area contributed by atoms with Crippen molar-refractivity contribution in [3.63, 3.8) is 0 Å². The molecule has 4 nitrogen and oxygen atoms in total. The van der Waals surface area contributed by atoms with E-state index in [1.807, 2.05) is 87.6 Å². The van der Waals surface area contributed by atoms with Gasteiger partial charge in [0.1, 0.15) is 7.85 Å². The van der Waals surface area contributed by atoms with Gasteiger partial charge in [0.05, 0.1) is 6.04 Å². The van der Waals surface area contributed by atoms with Crippen molar-refractivity contribution in [1.82, 2.24) is 0 Å². The summed E-state index contributed by atoms with van der Waals surface area (Å²) in [6, 6.07) is 22.4. The molecule has 6 heteroatoms. The lowest BCUT2D eigenvalue weighted by atomic mass is 9.92. The molecular formula is C24H24BBrN2O2. The molecule has 1 N–H and O–H groups in total. The van der Waals surface area contributed by atoms with E-state index in [0.29, 0.717) is 11.3 Å². The molecule has 1 saturated heterocycles. The zero-order chi connectivity index (χ0) is 21.5. The van der Waals surface area contributed by atoms with Gasteiger partial charge < -0.3 is 5.11 Å². The third-order valence-corrected chi connectivity index (χ3v) is 6.39. The van der Waals surface area contributed by atoms with Crippen LogP contribution in [0.25, 0.3) is 0 Å². The van der Waals surface area contributed by atoms with Crippen LogP contribution in [0.3, 0.4) is 0 Å². The molecule has 1 aliphatic rings. The first-order chi connectivity index (χ1) is 14.4. The molecule has 30 heavy (non-hydrogen) atoms. The molecule has 2 amide bonds. The van der Waals surface area contributed by atoms with E-state index >= 15 is 0 Å². The van der Waals surface area contributed by atoms with Crippen molar-refractivity contribution in [1.29, 1.82) is 0 Å². The third-order valence-electron chi connectivity index (χ3n) is 5.87. The molecule has 1 fully saturated rings. The normalized spacial score (nSPS) is 21.3. The van der Waals surface area contributed by atoms with Crippen molar-refractivity contribution in [2.45, 2.75) is 32.0 Å². The number of rotatable bonds is 4. The number of aryl methyl sites for hydroxylation is 1. The number of anilines is 2. The van der Waals surface area contributed by atoms with Gasteiger partial charge in [-0.15, -0.1) is 0 Å². The van der Waals surface area contributed by atoms with Crippen LogP contribution >= 0.6 is 15.9 Å². The molecule has 1 aliphatic heterocycles. The highest BCUT2D eigenvalue weighted by molar-refractivity contribution is 9.10. The number of amides is 2. The standard InChI is InChI=1S/C24H24BBrN2O2/c1-3-17-5-4-6-18(15-17)24(30)16(2)27(21-11-7-19(25)8-12-21)23(29)28(24)22-13-9-20(26)10-14-22/h4-16,30H,3,25H2,1-2H3/t16-,24?/m1/s1. The van der Waals surface area contributed by atoms with E-state index in [1.165, 1.54) is 4.90 Å². The molecule has 2 atom stereocenters. The Morgan fingerprint density at radius 1 is 1.03 bits per heavy atom. The number of urea groups is 1. The fraction of sp³-hybridized carbons (Fsp3) is 0.208. The Morgan fingerprint density at radius 3 is 2.30 bits per heavy atom. The third kappa shape index (κ3) is 3.34. The molecule has 0 spiro atoms.